The molecule has 3 nitrogen and oxygen atoms in total. The molecule has 1 aromatic heterocycles. The van der Waals surface area contributed by atoms with Crippen molar-refractivity contribution < 1.29 is 5.11 Å². The molecule has 0 spiro atoms. The minimum atomic E-state index is -0.642. The predicted octanol–water partition coefficient (Wildman–Crippen LogP) is 2.83. The molecular weight excluding hydrogens is 244 g/mol. The number of hydrogen-bond acceptors (Lipinski definition) is 4. The van der Waals surface area contributed by atoms with Crippen molar-refractivity contribution in [3.8, 4) is 0 Å². The minimum absolute atomic E-state index is 0.260. The molecule has 2 rings (SSSR count). The third kappa shape index (κ3) is 2.92. The first kappa shape index (κ1) is 14.0. The van der Waals surface area contributed by atoms with E-state index in [0.717, 1.165) is 17.8 Å². The molecule has 102 valence electrons. The second-order valence-corrected chi connectivity index (χ2v) is 7.12. The van der Waals surface area contributed by atoms with Crippen LogP contribution in [0.5, 0.6) is 0 Å². The first-order chi connectivity index (χ1) is 8.40. The highest BCUT2D eigenvalue weighted by Crippen LogP contribution is 2.34. The summed E-state index contributed by atoms with van der Waals surface area (Å²) in [7, 11) is 0. The number of thiazole rings is 1. The first-order valence-corrected chi connectivity index (χ1v) is 7.64. The molecule has 1 aromatic rings. The summed E-state index contributed by atoms with van der Waals surface area (Å²) in [6, 6.07) is 0.380. The summed E-state index contributed by atoms with van der Waals surface area (Å²) in [5, 5.41) is 15.0. The highest BCUT2D eigenvalue weighted by molar-refractivity contribution is 7.11. The summed E-state index contributed by atoms with van der Waals surface area (Å²) in [5.41, 5.74) is 0.627. The van der Waals surface area contributed by atoms with Crippen LogP contribution in [0.4, 0.5) is 0 Å². The molecule has 4 heteroatoms. The van der Waals surface area contributed by atoms with E-state index in [1.807, 2.05) is 6.92 Å². The van der Waals surface area contributed by atoms with E-state index in [-0.39, 0.29) is 5.92 Å². The number of nitrogens with one attached hydrogen (secondary N) is 1. The van der Waals surface area contributed by atoms with Crippen molar-refractivity contribution in [2.45, 2.75) is 58.6 Å². The van der Waals surface area contributed by atoms with E-state index in [2.05, 4.69) is 31.1 Å². The highest BCUT2D eigenvalue weighted by Gasteiger charge is 2.29. The van der Waals surface area contributed by atoms with Gasteiger partial charge in [-0.15, -0.1) is 11.3 Å². The summed E-state index contributed by atoms with van der Waals surface area (Å²) in [6.07, 6.45) is 3.46. The van der Waals surface area contributed by atoms with Crippen LogP contribution in [-0.2, 0) is 6.42 Å². The third-order valence-corrected chi connectivity index (χ3v) is 5.13. The van der Waals surface area contributed by atoms with Gasteiger partial charge >= 0.3 is 0 Å². The standard InChI is InChI=1S/C14H24N2OS/c1-9(2)14(4,17)8-15-11-6-5-7-12-13(11)18-10(3)16-12/h9,11,15,17H,5-8H2,1-4H3. The molecule has 2 atom stereocenters. The Morgan fingerprint density at radius 1 is 1.56 bits per heavy atom. The molecule has 18 heavy (non-hydrogen) atoms. The lowest BCUT2D eigenvalue weighted by Crippen LogP contribution is -2.43. The van der Waals surface area contributed by atoms with Crippen molar-refractivity contribution in [2.75, 3.05) is 6.54 Å². The first-order valence-electron chi connectivity index (χ1n) is 6.82. The van der Waals surface area contributed by atoms with E-state index in [0.29, 0.717) is 12.6 Å². The van der Waals surface area contributed by atoms with Gasteiger partial charge in [0.15, 0.2) is 0 Å². The van der Waals surface area contributed by atoms with Crippen LogP contribution in [0.15, 0.2) is 0 Å². The van der Waals surface area contributed by atoms with Crippen molar-refractivity contribution in [3.05, 3.63) is 15.6 Å². The molecule has 0 amide bonds. The lowest BCUT2D eigenvalue weighted by atomic mass is 9.91. The zero-order valence-corrected chi connectivity index (χ0v) is 12.6. The summed E-state index contributed by atoms with van der Waals surface area (Å²) in [6.45, 7) is 8.75. The summed E-state index contributed by atoms with van der Waals surface area (Å²) in [4.78, 5) is 5.98. The normalized spacial score (nSPS) is 22.9. The smallest absolute Gasteiger partial charge is 0.0900 e. The summed E-state index contributed by atoms with van der Waals surface area (Å²) in [5.74, 6) is 0.260. The fourth-order valence-corrected chi connectivity index (χ4v) is 3.35. The molecule has 0 fully saturated rings. The fraction of sp³-hybridized carbons (Fsp3) is 0.786. The zero-order chi connectivity index (χ0) is 13.3. The second-order valence-electron chi connectivity index (χ2n) is 5.88. The average molecular weight is 268 g/mol. The molecule has 0 saturated heterocycles. The van der Waals surface area contributed by atoms with Crippen LogP contribution in [0.25, 0.3) is 0 Å². The van der Waals surface area contributed by atoms with Crippen molar-refractivity contribution in [1.29, 1.82) is 0 Å². The van der Waals surface area contributed by atoms with E-state index >= 15 is 0 Å². The van der Waals surface area contributed by atoms with Crippen molar-refractivity contribution >= 4 is 11.3 Å². The monoisotopic (exact) mass is 268 g/mol. The largest absolute Gasteiger partial charge is 0.389 e. The van der Waals surface area contributed by atoms with Gasteiger partial charge in [0.2, 0.25) is 0 Å². The lowest BCUT2D eigenvalue weighted by Gasteiger charge is -2.31. The van der Waals surface area contributed by atoms with Crippen LogP contribution in [-0.4, -0.2) is 22.2 Å². The Kier molecular flexibility index (Phi) is 4.09. The number of rotatable bonds is 4. The van der Waals surface area contributed by atoms with Gasteiger partial charge in [-0.05, 0) is 39.0 Å². The van der Waals surface area contributed by atoms with Gasteiger partial charge in [0.1, 0.15) is 0 Å². The Morgan fingerprint density at radius 2 is 2.28 bits per heavy atom. The van der Waals surface area contributed by atoms with Gasteiger partial charge in [-0.25, -0.2) is 4.98 Å². The van der Waals surface area contributed by atoms with Gasteiger partial charge in [0.25, 0.3) is 0 Å². The molecule has 1 aliphatic rings. The van der Waals surface area contributed by atoms with Gasteiger partial charge in [-0.3, -0.25) is 0 Å². The van der Waals surface area contributed by atoms with E-state index in [1.165, 1.54) is 17.0 Å². The topological polar surface area (TPSA) is 45.2 Å². The maximum Gasteiger partial charge on any atom is 0.0900 e. The van der Waals surface area contributed by atoms with Crippen molar-refractivity contribution in [2.24, 2.45) is 5.92 Å². The van der Waals surface area contributed by atoms with Gasteiger partial charge in [0, 0.05) is 17.5 Å². The van der Waals surface area contributed by atoms with Gasteiger partial charge in [-0.2, -0.15) is 0 Å². The molecule has 0 radical (unpaired) electrons. The van der Waals surface area contributed by atoms with Crippen molar-refractivity contribution in [1.82, 2.24) is 10.3 Å². The van der Waals surface area contributed by atoms with Gasteiger partial charge in [0.05, 0.1) is 16.3 Å². The molecule has 0 bridgehead atoms. The van der Waals surface area contributed by atoms with Crippen LogP contribution in [0.2, 0.25) is 0 Å². The molecule has 0 aliphatic heterocycles. The van der Waals surface area contributed by atoms with Gasteiger partial charge in [-0.1, -0.05) is 13.8 Å². The zero-order valence-electron chi connectivity index (χ0n) is 11.8. The molecule has 2 N–H and O–H groups in total. The van der Waals surface area contributed by atoms with E-state index < -0.39 is 5.60 Å². The fourth-order valence-electron chi connectivity index (χ4n) is 2.27. The third-order valence-electron chi connectivity index (χ3n) is 4.01. The van der Waals surface area contributed by atoms with Crippen LogP contribution in [0, 0.1) is 12.8 Å². The summed E-state index contributed by atoms with van der Waals surface area (Å²) < 4.78 is 0. The molecular formula is C14H24N2OS. The lowest BCUT2D eigenvalue weighted by molar-refractivity contribution is 0.0113. The SMILES string of the molecule is Cc1nc2c(s1)C(NCC(C)(O)C(C)C)CCC2. The van der Waals surface area contributed by atoms with E-state index in [4.69, 9.17) is 0 Å². The quantitative estimate of drug-likeness (QED) is 0.882. The maximum atomic E-state index is 10.3. The number of fused-ring (bicyclic) bond motifs is 1. The number of aromatic nitrogens is 1. The van der Waals surface area contributed by atoms with Crippen LogP contribution < -0.4 is 5.32 Å². The molecule has 0 saturated carbocycles. The Labute approximate surface area is 114 Å². The number of aliphatic hydroxyl groups is 1. The molecule has 0 aromatic carbocycles. The Hall–Kier alpha value is -0.450. The average Bonchev–Trinajstić information content (AvgIpc) is 2.66. The Bertz CT molecular complexity index is 412. The number of hydrogen-bond donors (Lipinski definition) is 2. The Balaban J connectivity index is 2.03. The second kappa shape index (κ2) is 5.27. The van der Waals surface area contributed by atoms with E-state index in [9.17, 15) is 5.11 Å². The number of nitrogens with zero attached hydrogens (tertiary/aromatic N) is 1. The molecule has 2 unspecified atom stereocenters. The maximum absolute atomic E-state index is 10.3. The van der Waals surface area contributed by atoms with Crippen molar-refractivity contribution in [3.63, 3.8) is 0 Å². The van der Waals surface area contributed by atoms with E-state index in [1.54, 1.807) is 11.3 Å². The van der Waals surface area contributed by atoms with Crippen LogP contribution >= 0.6 is 11.3 Å². The highest BCUT2D eigenvalue weighted by atomic mass is 32.1. The predicted molar refractivity (Wildman–Crippen MR) is 76.0 cm³/mol. The van der Waals surface area contributed by atoms with Gasteiger partial charge < -0.3 is 10.4 Å². The summed E-state index contributed by atoms with van der Waals surface area (Å²) >= 11 is 1.80. The molecule has 1 heterocycles. The number of aryl methyl sites for hydroxylation is 2. The molecule has 1 aliphatic carbocycles. The Morgan fingerprint density at radius 3 is 2.94 bits per heavy atom. The van der Waals surface area contributed by atoms with Crippen LogP contribution in [0.1, 0.15) is 55.2 Å². The minimum Gasteiger partial charge on any atom is -0.389 e. The van der Waals surface area contributed by atoms with Crippen LogP contribution in [0.3, 0.4) is 0 Å².